The fraction of sp³-hybridized carbons (Fsp3) is 0.375. The molecule has 1 aromatic heterocycles. The third-order valence-corrected chi connectivity index (χ3v) is 4.35. The summed E-state index contributed by atoms with van der Waals surface area (Å²) in [7, 11) is 0. The summed E-state index contributed by atoms with van der Waals surface area (Å²) in [6, 6.07) is 8.24. The van der Waals surface area contributed by atoms with E-state index in [4.69, 9.17) is 0 Å². The van der Waals surface area contributed by atoms with Crippen molar-refractivity contribution in [3.05, 3.63) is 52.0 Å². The van der Waals surface area contributed by atoms with Crippen molar-refractivity contribution in [2.75, 3.05) is 6.54 Å². The summed E-state index contributed by atoms with van der Waals surface area (Å²) in [5, 5.41) is 5.38. The van der Waals surface area contributed by atoms with Crippen molar-refractivity contribution in [3.63, 3.8) is 0 Å². The molecule has 0 saturated carbocycles. The van der Waals surface area contributed by atoms with Crippen LogP contribution >= 0.6 is 11.3 Å². The van der Waals surface area contributed by atoms with Gasteiger partial charge < -0.3 is 10.2 Å². The number of alkyl halides is 2. The van der Waals surface area contributed by atoms with E-state index in [-0.39, 0.29) is 12.6 Å². The van der Waals surface area contributed by atoms with Crippen LogP contribution in [0.4, 0.5) is 13.6 Å². The number of aromatic nitrogens is 1. The Morgan fingerprint density at radius 2 is 2.04 bits per heavy atom. The normalized spacial score (nSPS) is 12.2. The van der Waals surface area contributed by atoms with E-state index in [0.29, 0.717) is 0 Å². The molecule has 0 fully saturated rings. The number of carbonyl (C=O) groups excluding carboxylic acids is 1. The lowest BCUT2D eigenvalue weighted by Crippen LogP contribution is -2.42. The van der Waals surface area contributed by atoms with Gasteiger partial charge in [-0.3, -0.25) is 0 Å². The van der Waals surface area contributed by atoms with Crippen LogP contribution in [0, 0.1) is 6.92 Å². The Kier molecular flexibility index (Phi) is 6.04. The maximum absolute atomic E-state index is 12.8. The maximum atomic E-state index is 12.8. The van der Waals surface area contributed by atoms with Crippen LogP contribution in [-0.2, 0) is 6.54 Å². The lowest BCUT2D eigenvalue weighted by atomic mass is 10.2. The van der Waals surface area contributed by atoms with Gasteiger partial charge in [0.25, 0.3) is 6.43 Å². The Balaban J connectivity index is 2.04. The number of amides is 2. The van der Waals surface area contributed by atoms with Crippen LogP contribution in [0.1, 0.15) is 29.2 Å². The Morgan fingerprint density at radius 1 is 1.35 bits per heavy atom. The zero-order chi connectivity index (χ0) is 16.8. The molecule has 1 heterocycles. The second-order valence-corrected chi connectivity index (χ2v) is 6.15. The van der Waals surface area contributed by atoms with Crippen LogP contribution in [0.2, 0.25) is 0 Å². The first kappa shape index (κ1) is 17.3. The average molecular weight is 339 g/mol. The number of carbonyl (C=O) groups is 1. The van der Waals surface area contributed by atoms with Gasteiger partial charge in [-0.05, 0) is 19.4 Å². The highest BCUT2D eigenvalue weighted by atomic mass is 32.1. The van der Waals surface area contributed by atoms with Gasteiger partial charge in [0.2, 0.25) is 0 Å². The summed E-state index contributed by atoms with van der Waals surface area (Å²) in [4.78, 5) is 17.8. The molecule has 0 aliphatic rings. The molecule has 0 bridgehead atoms. The van der Waals surface area contributed by atoms with Gasteiger partial charge >= 0.3 is 6.03 Å². The van der Waals surface area contributed by atoms with Crippen LogP contribution < -0.4 is 5.32 Å². The number of hydrogen-bond donors (Lipinski definition) is 1. The number of urea groups is 1. The lowest BCUT2D eigenvalue weighted by molar-refractivity contribution is 0.0949. The van der Waals surface area contributed by atoms with Gasteiger partial charge in [0, 0.05) is 17.6 Å². The largest absolute Gasteiger partial charge is 0.329 e. The maximum Gasteiger partial charge on any atom is 0.318 e. The molecule has 1 atom stereocenters. The first-order valence-corrected chi connectivity index (χ1v) is 8.13. The molecule has 0 radical (unpaired) electrons. The van der Waals surface area contributed by atoms with E-state index >= 15 is 0 Å². The second kappa shape index (κ2) is 8.01. The summed E-state index contributed by atoms with van der Waals surface area (Å²) in [6.45, 7) is 3.19. The SMILES string of the molecule is Cc1csc([C@H](C)NC(=O)N(Cc2ccccc2)CC(F)F)n1. The topological polar surface area (TPSA) is 45.2 Å². The van der Waals surface area contributed by atoms with Gasteiger partial charge in [0.15, 0.2) is 0 Å². The van der Waals surface area contributed by atoms with E-state index in [1.165, 1.54) is 11.3 Å². The number of nitrogens with one attached hydrogen (secondary N) is 1. The molecular weight excluding hydrogens is 320 g/mol. The molecule has 1 N–H and O–H groups in total. The highest BCUT2D eigenvalue weighted by Gasteiger charge is 2.21. The van der Waals surface area contributed by atoms with Crippen molar-refractivity contribution in [1.29, 1.82) is 0 Å². The van der Waals surface area contributed by atoms with Gasteiger partial charge in [-0.25, -0.2) is 18.6 Å². The zero-order valence-electron chi connectivity index (χ0n) is 13.0. The third-order valence-electron chi connectivity index (χ3n) is 3.21. The number of halogens is 2. The highest BCUT2D eigenvalue weighted by Crippen LogP contribution is 2.18. The standard InChI is InChI=1S/C16H19F2N3OS/c1-11-10-23-15(19-11)12(2)20-16(22)21(9-14(17)18)8-13-6-4-3-5-7-13/h3-7,10,12,14H,8-9H2,1-2H3,(H,20,22)/t12-/m0/s1. The monoisotopic (exact) mass is 339 g/mol. The van der Waals surface area contributed by atoms with Crippen molar-refractivity contribution in [1.82, 2.24) is 15.2 Å². The average Bonchev–Trinajstić information content (AvgIpc) is 2.94. The molecule has 7 heteroatoms. The van der Waals surface area contributed by atoms with E-state index in [0.717, 1.165) is 21.2 Å². The summed E-state index contributed by atoms with van der Waals surface area (Å²) >= 11 is 1.44. The Bertz CT molecular complexity index is 633. The van der Waals surface area contributed by atoms with Crippen LogP contribution in [-0.4, -0.2) is 28.9 Å². The summed E-state index contributed by atoms with van der Waals surface area (Å²) in [5.41, 5.74) is 1.68. The first-order valence-electron chi connectivity index (χ1n) is 7.25. The number of rotatable bonds is 6. The molecule has 0 unspecified atom stereocenters. The minimum Gasteiger partial charge on any atom is -0.329 e. The quantitative estimate of drug-likeness (QED) is 0.865. The van der Waals surface area contributed by atoms with Crippen molar-refractivity contribution in [3.8, 4) is 0 Å². The molecule has 23 heavy (non-hydrogen) atoms. The predicted octanol–water partition coefficient (Wildman–Crippen LogP) is 3.99. The number of nitrogens with zero attached hydrogens (tertiary/aromatic N) is 2. The lowest BCUT2D eigenvalue weighted by Gasteiger charge is -2.24. The fourth-order valence-corrected chi connectivity index (χ4v) is 2.90. The molecule has 2 amide bonds. The van der Waals surface area contributed by atoms with Crippen molar-refractivity contribution >= 4 is 17.4 Å². The molecule has 2 aromatic rings. The van der Waals surface area contributed by atoms with E-state index in [1.54, 1.807) is 19.1 Å². The predicted molar refractivity (Wildman–Crippen MR) is 86.7 cm³/mol. The summed E-state index contributed by atoms with van der Waals surface area (Å²) in [6.07, 6.45) is -2.58. The van der Waals surface area contributed by atoms with Crippen molar-refractivity contribution in [2.45, 2.75) is 32.9 Å². The number of hydrogen-bond acceptors (Lipinski definition) is 3. The van der Waals surface area contributed by atoms with Crippen LogP contribution in [0.25, 0.3) is 0 Å². The molecule has 1 aromatic carbocycles. The fourth-order valence-electron chi connectivity index (χ4n) is 2.10. The Labute approximate surface area is 138 Å². The molecule has 0 spiro atoms. The third kappa shape index (κ3) is 5.28. The van der Waals surface area contributed by atoms with Crippen molar-refractivity contribution < 1.29 is 13.6 Å². The van der Waals surface area contributed by atoms with E-state index in [2.05, 4.69) is 10.3 Å². The molecule has 4 nitrogen and oxygen atoms in total. The van der Waals surface area contributed by atoms with E-state index in [1.807, 2.05) is 30.5 Å². The van der Waals surface area contributed by atoms with Gasteiger partial charge in [0.05, 0.1) is 12.6 Å². The second-order valence-electron chi connectivity index (χ2n) is 5.26. The Hall–Kier alpha value is -2.02. The smallest absolute Gasteiger partial charge is 0.318 e. The summed E-state index contributed by atoms with van der Waals surface area (Å²) < 4.78 is 25.6. The number of thiazole rings is 1. The molecule has 2 rings (SSSR count). The van der Waals surface area contributed by atoms with Gasteiger partial charge in [0.1, 0.15) is 5.01 Å². The molecule has 0 saturated heterocycles. The van der Waals surface area contributed by atoms with Crippen LogP contribution in [0.15, 0.2) is 35.7 Å². The molecule has 0 aliphatic carbocycles. The van der Waals surface area contributed by atoms with E-state index in [9.17, 15) is 13.6 Å². The van der Waals surface area contributed by atoms with Crippen LogP contribution in [0.5, 0.6) is 0 Å². The zero-order valence-corrected chi connectivity index (χ0v) is 13.8. The summed E-state index contributed by atoms with van der Waals surface area (Å²) in [5.74, 6) is 0. The number of benzene rings is 1. The van der Waals surface area contributed by atoms with Gasteiger partial charge in [-0.1, -0.05) is 30.3 Å². The van der Waals surface area contributed by atoms with Crippen molar-refractivity contribution in [2.24, 2.45) is 0 Å². The van der Waals surface area contributed by atoms with E-state index < -0.39 is 19.0 Å². The molecular formula is C16H19F2N3OS. The number of aryl methyl sites for hydroxylation is 1. The Morgan fingerprint density at radius 3 is 2.61 bits per heavy atom. The first-order chi connectivity index (χ1) is 11.0. The molecule has 0 aliphatic heterocycles. The van der Waals surface area contributed by atoms with Gasteiger partial charge in [-0.2, -0.15) is 0 Å². The minimum atomic E-state index is -2.58. The molecule has 124 valence electrons. The highest BCUT2D eigenvalue weighted by molar-refractivity contribution is 7.09. The van der Waals surface area contributed by atoms with Gasteiger partial charge in [-0.15, -0.1) is 11.3 Å². The minimum absolute atomic E-state index is 0.140. The van der Waals surface area contributed by atoms with Crippen LogP contribution in [0.3, 0.4) is 0 Å².